The van der Waals surface area contributed by atoms with Crippen LogP contribution in [0.25, 0.3) is 10.9 Å². The van der Waals surface area contributed by atoms with E-state index >= 15 is 0 Å². The molecule has 0 amide bonds. The van der Waals surface area contributed by atoms with Crippen molar-refractivity contribution in [1.29, 1.82) is 0 Å². The minimum Gasteiger partial charge on any atom is -0.361 e. The summed E-state index contributed by atoms with van der Waals surface area (Å²) in [6.45, 7) is 1.000. The zero-order valence-electron chi connectivity index (χ0n) is 9.50. The maximum Gasteiger partial charge on any atom is 0.0457 e. The monoisotopic (exact) mass is 214 g/mol. The molecule has 2 nitrogen and oxygen atoms in total. The van der Waals surface area contributed by atoms with Crippen LogP contribution in [0.2, 0.25) is 0 Å². The van der Waals surface area contributed by atoms with Crippen molar-refractivity contribution in [2.75, 3.05) is 0 Å². The van der Waals surface area contributed by atoms with Gasteiger partial charge < -0.3 is 10.3 Å². The summed E-state index contributed by atoms with van der Waals surface area (Å²) in [5.41, 5.74) is 2.62. The average molecular weight is 214 g/mol. The number of fused-ring (bicyclic) bond motifs is 1. The highest BCUT2D eigenvalue weighted by Crippen LogP contribution is 2.19. The summed E-state index contributed by atoms with van der Waals surface area (Å²) in [7, 11) is 0. The van der Waals surface area contributed by atoms with Crippen LogP contribution in [0.1, 0.15) is 31.2 Å². The van der Waals surface area contributed by atoms with Crippen molar-refractivity contribution in [3.05, 3.63) is 36.0 Å². The molecule has 1 aliphatic carbocycles. The first-order valence-electron chi connectivity index (χ1n) is 6.21. The molecule has 0 saturated heterocycles. The number of hydrogen-bond donors (Lipinski definition) is 2. The number of hydrogen-bond acceptors (Lipinski definition) is 1. The van der Waals surface area contributed by atoms with Crippen molar-refractivity contribution in [1.82, 2.24) is 10.3 Å². The number of aromatic nitrogens is 1. The Morgan fingerprint density at radius 1 is 1.19 bits per heavy atom. The third-order valence-electron chi connectivity index (χ3n) is 3.57. The van der Waals surface area contributed by atoms with Gasteiger partial charge in [0.2, 0.25) is 0 Å². The number of H-pyrrole nitrogens is 1. The second kappa shape index (κ2) is 4.30. The van der Waals surface area contributed by atoms with Crippen LogP contribution in [-0.4, -0.2) is 11.0 Å². The van der Waals surface area contributed by atoms with Gasteiger partial charge in [-0.3, -0.25) is 0 Å². The molecule has 16 heavy (non-hydrogen) atoms. The van der Waals surface area contributed by atoms with E-state index in [4.69, 9.17) is 0 Å². The Bertz CT molecular complexity index is 466. The Balaban J connectivity index is 1.68. The van der Waals surface area contributed by atoms with Crippen molar-refractivity contribution in [2.24, 2.45) is 0 Å². The van der Waals surface area contributed by atoms with E-state index in [2.05, 4.69) is 34.6 Å². The SMILES string of the molecule is c1cc2ccc(CNC3CCCC3)cc2[nH]1. The van der Waals surface area contributed by atoms with Crippen LogP contribution in [0.15, 0.2) is 30.5 Å². The Kier molecular flexibility index (Phi) is 2.66. The molecule has 2 aromatic rings. The van der Waals surface area contributed by atoms with Gasteiger partial charge in [-0.1, -0.05) is 25.0 Å². The lowest BCUT2D eigenvalue weighted by molar-refractivity contribution is 0.524. The van der Waals surface area contributed by atoms with Gasteiger partial charge in [-0.15, -0.1) is 0 Å². The van der Waals surface area contributed by atoms with Crippen LogP contribution >= 0.6 is 0 Å². The largest absolute Gasteiger partial charge is 0.361 e. The summed E-state index contributed by atoms with van der Waals surface area (Å²) < 4.78 is 0. The highest BCUT2D eigenvalue weighted by molar-refractivity contribution is 5.79. The van der Waals surface area contributed by atoms with Crippen molar-refractivity contribution < 1.29 is 0 Å². The molecule has 2 heteroatoms. The van der Waals surface area contributed by atoms with Gasteiger partial charge in [-0.2, -0.15) is 0 Å². The van der Waals surface area contributed by atoms with E-state index in [-0.39, 0.29) is 0 Å². The molecule has 1 saturated carbocycles. The molecule has 1 aromatic heterocycles. The minimum absolute atomic E-state index is 0.749. The van der Waals surface area contributed by atoms with Crippen LogP contribution in [-0.2, 0) is 6.54 Å². The van der Waals surface area contributed by atoms with Gasteiger partial charge in [-0.25, -0.2) is 0 Å². The van der Waals surface area contributed by atoms with Crippen LogP contribution in [0, 0.1) is 0 Å². The number of rotatable bonds is 3. The first kappa shape index (κ1) is 9.91. The normalized spacial score (nSPS) is 17.2. The number of nitrogens with one attached hydrogen (secondary N) is 2. The van der Waals surface area contributed by atoms with Gasteiger partial charge in [0.15, 0.2) is 0 Å². The molecule has 0 radical (unpaired) electrons. The highest BCUT2D eigenvalue weighted by atomic mass is 14.9. The summed E-state index contributed by atoms with van der Waals surface area (Å²) in [5.74, 6) is 0. The molecular formula is C14H18N2. The number of benzene rings is 1. The smallest absolute Gasteiger partial charge is 0.0457 e. The molecule has 84 valence electrons. The molecule has 0 aliphatic heterocycles. The molecule has 1 aromatic carbocycles. The van der Waals surface area contributed by atoms with Gasteiger partial charge in [0.25, 0.3) is 0 Å². The Morgan fingerprint density at radius 2 is 2.06 bits per heavy atom. The van der Waals surface area contributed by atoms with Crippen LogP contribution < -0.4 is 5.32 Å². The molecule has 0 atom stereocenters. The lowest BCUT2D eigenvalue weighted by atomic mass is 10.1. The van der Waals surface area contributed by atoms with E-state index in [0.717, 1.165) is 12.6 Å². The third-order valence-corrected chi connectivity index (χ3v) is 3.57. The molecule has 3 rings (SSSR count). The van der Waals surface area contributed by atoms with E-state index < -0.39 is 0 Å². The fourth-order valence-corrected chi connectivity index (χ4v) is 2.60. The van der Waals surface area contributed by atoms with Gasteiger partial charge in [0.1, 0.15) is 0 Å². The van der Waals surface area contributed by atoms with E-state index in [1.165, 1.54) is 42.1 Å². The average Bonchev–Trinajstić information content (AvgIpc) is 2.97. The number of aromatic amines is 1. The predicted molar refractivity (Wildman–Crippen MR) is 67.4 cm³/mol. The van der Waals surface area contributed by atoms with Crippen LogP contribution in [0.3, 0.4) is 0 Å². The second-order valence-corrected chi connectivity index (χ2v) is 4.76. The highest BCUT2D eigenvalue weighted by Gasteiger charge is 2.13. The fraction of sp³-hybridized carbons (Fsp3) is 0.429. The van der Waals surface area contributed by atoms with Gasteiger partial charge >= 0.3 is 0 Å². The molecule has 1 aliphatic rings. The van der Waals surface area contributed by atoms with Gasteiger partial charge in [0, 0.05) is 24.3 Å². The Labute approximate surface area is 96.1 Å². The Hall–Kier alpha value is -1.28. The standard InChI is InChI=1S/C14H18N2/c1-2-4-13(3-1)16-10-11-5-6-12-7-8-15-14(12)9-11/h5-9,13,15-16H,1-4,10H2. The molecule has 0 unspecified atom stereocenters. The zero-order valence-corrected chi connectivity index (χ0v) is 9.50. The fourth-order valence-electron chi connectivity index (χ4n) is 2.60. The van der Waals surface area contributed by atoms with Gasteiger partial charge in [-0.05, 0) is 35.9 Å². The predicted octanol–water partition coefficient (Wildman–Crippen LogP) is 3.20. The van der Waals surface area contributed by atoms with Crippen molar-refractivity contribution in [3.63, 3.8) is 0 Å². The topological polar surface area (TPSA) is 27.8 Å². The molecule has 1 fully saturated rings. The maximum atomic E-state index is 3.64. The summed E-state index contributed by atoms with van der Waals surface area (Å²) >= 11 is 0. The molecular weight excluding hydrogens is 196 g/mol. The summed E-state index contributed by atoms with van der Waals surface area (Å²) in [6.07, 6.45) is 7.50. The van der Waals surface area contributed by atoms with Crippen LogP contribution in [0.4, 0.5) is 0 Å². The van der Waals surface area contributed by atoms with Crippen molar-refractivity contribution in [2.45, 2.75) is 38.3 Å². The second-order valence-electron chi connectivity index (χ2n) is 4.76. The van der Waals surface area contributed by atoms with E-state index in [1.807, 2.05) is 6.20 Å². The maximum absolute atomic E-state index is 3.64. The van der Waals surface area contributed by atoms with Crippen molar-refractivity contribution >= 4 is 10.9 Å². The quantitative estimate of drug-likeness (QED) is 0.806. The molecule has 2 N–H and O–H groups in total. The van der Waals surface area contributed by atoms with E-state index in [0.29, 0.717) is 0 Å². The summed E-state index contributed by atoms with van der Waals surface area (Å²) in [6, 6.07) is 9.52. The summed E-state index contributed by atoms with van der Waals surface area (Å²) in [5, 5.41) is 4.94. The first-order valence-corrected chi connectivity index (χ1v) is 6.21. The van der Waals surface area contributed by atoms with E-state index in [9.17, 15) is 0 Å². The van der Waals surface area contributed by atoms with Gasteiger partial charge in [0.05, 0.1) is 0 Å². The molecule has 1 heterocycles. The lowest BCUT2D eigenvalue weighted by Crippen LogP contribution is -2.25. The van der Waals surface area contributed by atoms with Crippen molar-refractivity contribution in [3.8, 4) is 0 Å². The molecule has 0 bridgehead atoms. The zero-order chi connectivity index (χ0) is 10.8. The minimum atomic E-state index is 0.749. The first-order chi connectivity index (χ1) is 7.92. The third kappa shape index (κ3) is 1.98. The lowest BCUT2D eigenvalue weighted by Gasteiger charge is -2.11. The summed E-state index contributed by atoms with van der Waals surface area (Å²) in [4.78, 5) is 3.26. The van der Waals surface area contributed by atoms with Crippen LogP contribution in [0.5, 0.6) is 0 Å². The molecule has 0 spiro atoms. The van der Waals surface area contributed by atoms with E-state index in [1.54, 1.807) is 0 Å². The Morgan fingerprint density at radius 3 is 2.94 bits per heavy atom.